The van der Waals surface area contributed by atoms with E-state index in [1.807, 2.05) is 26.8 Å². The van der Waals surface area contributed by atoms with Gasteiger partial charge >= 0.3 is 0 Å². The third-order valence-corrected chi connectivity index (χ3v) is 5.68. The maximum atomic E-state index is 12.0. The normalized spacial score (nSPS) is 14.8. The van der Waals surface area contributed by atoms with Gasteiger partial charge in [-0.1, -0.05) is 6.92 Å². The van der Waals surface area contributed by atoms with Crippen LogP contribution in [0.15, 0.2) is 10.5 Å². The zero-order chi connectivity index (χ0) is 14.1. The van der Waals surface area contributed by atoms with Crippen molar-refractivity contribution in [2.24, 2.45) is 0 Å². The van der Waals surface area contributed by atoms with E-state index in [1.54, 1.807) is 13.8 Å². The molecule has 0 saturated heterocycles. The molecular formula is C13H23NO3S. The summed E-state index contributed by atoms with van der Waals surface area (Å²) in [6.45, 7) is 9.93. The Morgan fingerprint density at radius 1 is 1.39 bits per heavy atom. The van der Waals surface area contributed by atoms with Crippen LogP contribution >= 0.6 is 0 Å². The highest BCUT2D eigenvalue weighted by Crippen LogP contribution is 2.34. The maximum Gasteiger partial charge on any atom is 0.154 e. The highest BCUT2D eigenvalue weighted by atomic mass is 32.2. The van der Waals surface area contributed by atoms with Crippen LogP contribution in [0.4, 0.5) is 0 Å². The Hall–Kier alpha value is -0.810. The Kier molecular flexibility index (Phi) is 4.28. The van der Waals surface area contributed by atoms with Crippen LogP contribution in [0.2, 0.25) is 0 Å². The molecule has 0 aliphatic rings. The summed E-state index contributed by atoms with van der Waals surface area (Å²) in [5.41, 5.74) is 1.04. The minimum absolute atomic E-state index is 0.343. The van der Waals surface area contributed by atoms with Gasteiger partial charge in [-0.25, -0.2) is 8.42 Å². The van der Waals surface area contributed by atoms with Crippen molar-refractivity contribution in [2.75, 3.05) is 12.8 Å². The number of rotatable bonds is 5. The van der Waals surface area contributed by atoms with E-state index < -0.39 is 14.6 Å². The second-order valence-electron chi connectivity index (χ2n) is 5.25. The topological polar surface area (TPSA) is 59.3 Å². The second-order valence-corrected chi connectivity index (χ2v) is 7.85. The van der Waals surface area contributed by atoms with Gasteiger partial charge in [-0.3, -0.25) is 0 Å². The van der Waals surface area contributed by atoms with E-state index in [4.69, 9.17) is 4.42 Å². The van der Waals surface area contributed by atoms with Gasteiger partial charge in [0.25, 0.3) is 0 Å². The van der Waals surface area contributed by atoms with Crippen LogP contribution in [0.25, 0.3) is 0 Å². The van der Waals surface area contributed by atoms with Crippen LogP contribution in [0, 0.1) is 13.8 Å². The highest BCUT2D eigenvalue weighted by molar-refractivity contribution is 7.92. The predicted molar refractivity (Wildman–Crippen MR) is 73.5 cm³/mol. The van der Waals surface area contributed by atoms with Crippen molar-refractivity contribution in [1.29, 1.82) is 0 Å². The largest absolute Gasteiger partial charge is 0.464 e. The van der Waals surface area contributed by atoms with E-state index in [9.17, 15) is 8.42 Å². The van der Waals surface area contributed by atoms with Gasteiger partial charge in [0.15, 0.2) is 9.84 Å². The van der Waals surface area contributed by atoms with Crippen molar-refractivity contribution < 1.29 is 12.8 Å². The first kappa shape index (κ1) is 15.2. The fraction of sp³-hybridized carbons (Fsp3) is 0.692. The SMILES string of the molecule is CCNC(c1cc(C)c(C)o1)C(C)(C)S(C)(=O)=O. The molecule has 0 saturated carbocycles. The van der Waals surface area contributed by atoms with Crippen LogP contribution < -0.4 is 5.32 Å². The van der Waals surface area contributed by atoms with Crippen molar-refractivity contribution in [2.45, 2.75) is 45.4 Å². The summed E-state index contributed by atoms with van der Waals surface area (Å²) < 4.78 is 28.7. The number of hydrogen-bond donors (Lipinski definition) is 1. The summed E-state index contributed by atoms with van der Waals surface area (Å²) in [5.74, 6) is 1.51. The number of hydrogen-bond acceptors (Lipinski definition) is 4. The minimum Gasteiger partial charge on any atom is -0.464 e. The van der Waals surface area contributed by atoms with Crippen molar-refractivity contribution in [1.82, 2.24) is 5.32 Å². The molecule has 104 valence electrons. The fourth-order valence-electron chi connectivity index (χ4n) is 1.85. The molecule has 5 heteroatoms. The lowest BCUT2D eigenvalue weighted by atomic mass is 10.00. The molecule has 0 bridgehead atoms. The maximum absolute atomic E-state index is 12.0. The summed E-state index contributed by atoms with van der Waals surface area (Å²) in [5, 5.41) is 3.21. The molecule has 0 aliphatic heterocycles. The van der Waals surface area contributed by atoms with Crippen molar-refractivity contribution >= 4 is 9.84 Å². The zero-order valence-electron chi connectivity index (χ0n) is 12.0. The number of furan rings is 1. The molecule has 0 radical (unpaired) electrons. The van der Waals surface area contributed by atoms with E-state index in [-0.39, 0.29) is 6.04 Å². The predicted octanol–water partition coefficient (Wildman–Crippen LogP) is 2.37. The Balaban J connectivity index is 3.26. The standard InChI is InChI=1S/C13H23NO3S/c1-7-14-12(13(4,5)18(6,15)16)11-8-9(2)10(3)17-11/h8,12,14H,7H2,1-6H3. The van der Waals surface area contributed by atoms with E-state index in [2.05, 4.69) is 5.32 Å². The Bertz CT molecular complexity index is 495. The van der Waals surface area contributed by atoms with Gasteiger partial charge in [-0.2, -0.15) is 0 Å². The van der Waals surface area contributed by atoms with E-state index in [1.165, 1.54) is 6.26 Å². The number of aryl methyl sites for hydroxylation is 2. The quantitative estimate of drug-likeness (QED) is 0.894. The first-order chi connectivity index (χ1) is 8.11. The van der Waals surface area contributed by atoms with E-state index in [0.29, 0.717) is 12.3 Å². The molecule has 0 fully saturated rings. The molecule has 0 aromatic carbocycles. The minimum atomic E-state index is -3.20. The third-order valence-electron chi connectivity index (χ3n) is 3.53. The molecular weight excluding hydrogens is 250 g/mol. The first-order valence-electron chi connectivity index (χ1n) is 6.11. The molecule has 1 aromatic rings. The molecule has 1 aromatic heterocycles. The second kappa shape index (κ2) is 5.05. The molecule has 0 amide bonds. The smallest absolute Gasteiger partial charge is 0.154 e. The van der Waals surface area contributed by atoms with Gasteiger partial charge in [0, 0.05) is 6.26 Å². The third kappa shape index (κ3) is 2.78. The van der Waals surface area contributed by atoms with Crippen LogP contribution in [0.3, 0.4) is 0 Å². The van der Waals surface area contributed by atoms with Gasteiger partial charge in [0.1, 0.15) is 11.5 Å². The molecule has 1 heterocycles. The summed E-state index contributed by atoms with van der Waals surface area (Å²) in [7, 11) is -3.20. The monoisotopic (exact) mass is 273 g/mol. The zero-order valence-corrected chi connectivity index (χ0v) is 12.8. The molecule has 1 N–H and O–H groups in total. The van der Waals surface area contributed by atoms with Gasteiger partial charge < -0.3 is 9.73 Å². The van der Waals surface area contributed by atoms with Gasteiger partial charge in [0.2, 0.25) is 0 Å². The Labute approximate surface area is 110 Å². The van der Waals surface area contributed by atoms with Gasteiger partial charge in [0.05, 0.1) is 10.8 Å². The van der Waals surface area contributed by atoms with Crippen LogP contribution in [0.5, 0.6) is 0 Å². The molecule has 0 spiro atoms. The molecule has 1 rings (SSSR count). The lowest BCUT2D eigenvalue weighted by Gasteiger charge is -2.31. The number of sulfone groups is 1. The highest BCUT2D eigenvalue weighted by Gasteiger charge is 2.41. The Morgan fingerprint density at radius 3 is 2.28 bits per heavy atom. The average molecular weight is 273 g/mol. The summed E-state index contributed by atoms with van der Waals surface area (Å²) in [6, 6.07) is 1.57. The van der Waals surface area contributed by atoms with E-state index in [0.717, 1.165) is 11.3 Å². The fourth-order valence-corrected chi connectivity index (χ4v) is 2.48. The molecule has 18 heavy (non-hydrogen) atoms. The van der Waals surface area contributed by atoms with Crippen LogP contribution in [0.1, 0.15) is 43.9 Å². The summed E-state index contributed by atoms with van der Waals surface area (Å²) >= 11 is 0. The first-order valence-corrected chi connectivity index (χ1v) is 8.00. The van der Waals surface area contributed by atoms with Crippen LogP contribution in [-0.2, 0) is 9.84 Å². The summed E-state index contributed by atoms with van der Waals surface area (Å²) in [6.07, 6.45) is 1.26. The van der Waals surface area contributed by atoms with Crippen molar-refractivity contribution in [3.63, 3.8) is 0 Å². The molecule has 1 unspecified atom stereocenters. The van der Waals surface area contributed by atoms with Crippen LogP contribution in [-0.4, -0.2) is 26.0 Å². The van der Waals surface area contributed by atoms with Gasteiger partial charge in [-0.05, 0) is 45.9 Å². The van der Waals surface area contributed by atoms with Crippen molar-refractivity contribution in [3.05, 3.63) is 23.2 Å². The summed E-state index contributed by atoms with van der Waals surface area (Å²) in [4.78, 5) is 0. The average Bonchev–Trinajstić information content (AvgIpc) is 2.53. The Morgan fingerprint density at radius 2 is 1.94 bits per heavy atom. The van der Waals surface area contributed by atoms with Gasteiger partial charge in [-0.15, -0.1) is 0 Å². The number of nitrogens with one attached hydrogen (secondary N) is 1. The molecule has 0 aliphatic carbocycles. The van der Waals surface area contributed by atoms with E-state index >= 15 is 0 Å². The molecule has 4 nitrogen and oxygen atoms in total. The molecule has 1 atom stereocenters. The lowest BCUT2D eigenvalue weighted by molar-refractivity contribution is 0.350. The van der Waals surface area contributed by atoms with Crippen molar-refractivity contribution in [3.8, 4) is 0 Å². The lowest BCUT2D eigenvalue weighted by Crippen LogP contribution is -2.44.